The zero-order chi connectivity index (χ0) is 19.8. The van der Waals surface area contributed by atoms with Gasteiger partial charge >= 0.3 is 0 Å². The van der Waals surface area contributed by atoms with Crippen molar-refractivity contribution in [1.29, 1.82) is 0 Å². The normalized spacial score (nSPS) is 19.5. The van der Waals surface area contributed by atoms with Crippen molar-refractivity contribution in [2.24, 2.45) is 5.92 Å². The summed E-state index contributed by atoms with van der Waals surface area (Å²) < 4.78 is 5.91. The maximum absolute atomic E-state index is 5.91. The van der Waals surface area contributed by atoms with Gasteiger partial charge in [-0.15, -0.1) is 0 Å². The van der Waals surface area contributed by atoms with Gasteiger partial charge in [0.2, 0.25) is 0 Å². The van der Waals surface area contributed by atoms with Crippen LogP contribution in [-0.2, 0) is 0 Å². The van der Waals surface area contributed by atoms with Gasteiger partial charge in [-0.2, -0.15) is 0 Å². The summed E-state index contributed by atoms with van der Waals surface area (Å²) in [5, 5.41) is 0. The Kier molecular flexibility index (Phi) is 7.64. The molecule has 0 aromatic heterocycles. The molecule has 1 saturated carbocycles. The maximum atomic E-state index is 5.91. The van der Waals surface area contributed by atoms with Crippen LogP contribution in [0.4, 0.5) is 11.4 Å². The first kappa shape index (κ1) is 20.6. The van der Waals surface area contributed by atoms with Gasteiger partial charge in [0.1, 0.15) is 11.5 Å². The molecule has 2 aromatic rings. The lowest BCUT2D eigenvalue weighted by atomic mass is 9.77. The molecule has 1 fully saturated rings. The fraction of sp³-hybridized carbons (Fsp3) is 0.520. The molecule has 2 aromatic carbocycles. The first-order valence-corrected chi connectivity index (χ1v) is 11.1. The largest absolute Gasteiger partial charge is 0.457 e. The van der Waals surface area contributed by atoms with E-state index in [0.717, 1.165) is 11.7 Å². The highest BCUT2D eigenvalue weighted by molar-refractivity contribution is 5.57. The topological polar surface area (TPSA) is 61.3 Å². The van der Waals surface area contributed by atoms with Crippen LogP contribution in [0.25, 0.3) is 0 Å². The molecule has 0 radical (unpaired) electrons. The quantitative estimate of drug-likeness (QED) is 0.355. The number of unbranched alkanes of at least 4 members (excludes halogenated alkanes) is 4. The zero-order valence-corrected chi connectivity index (χ0v) is 17.3. The molecule has 0 unspecified atom stereocenters. The molecule has 1 aliphatic rings. The van der Waals surface area contributed by atoms with Gasteiger partial charge in [0.15, 0.2) is 0 Å². The van der Waals surface area contributed by atoms with Gasteiger partial charge in [-0.05, 0) is 61.3 Å². The Morgan fingerprint density at radius 1 is 0.786 bits per heavy atom. The number of rotatable bonds is 9. The van der Waals surface area contributed by atoms with Crippen molar-refractivity contribution < 1.29 is 4.74 Å². The molecule has 0 atom stereocenters. The molecule has 0 saturated heterocycles. The van der Waals surface area contributed by atoms with Crippen LogP contribution in [0, 0.1) is 5.92 Å². The number of hydrogen-bond donors (Lipinski definition) is 2. The SMILES string of the molecule is CCCCCCCC1CCC(c2ccc(Oc3cc(N)cc(N)c3)cc2)CC1. The second kappa shape index (κ2) is 10.4. The molecular formula is C25H36N2O. The molecule has 0 bridgehead atoms. The zero-order valence-electron chi connectivity index (χ0n) is 17.3. The minimum atomic E-state index is 0.619. The Morgan fingerprint density at radius 3 is 2.07 bits per heavy atom. The van der Waals surface area contributed by atoms with E-state index in [1.807, 2.05) is 0 Å². The van der Waals surface area contributed by atoms with E-state index in [0.29, 0.717) is 23.0 Å². The average molecular weight is 381 g/mol. The van der Waals surface area contributed by atoms with Crippen LogP contribution in [0.2, 0.25) is 0 Å². The minimum absolute atomic E-state index is 0.619. The smallest absolute Gasteiger partial charge is 0.131 e. The summed E-state index contributed by atoms with van der Waals surface area (Å²) >= 11 is 0. The molecule has 0 amide bonds. The summed E-state index contributed by atoms with van der Waals surface area (Å²) in [5.74, 6) is 3.17. The van der Waals surface area contributed by atoms with Crippen LogP contribution in [0.3, 0.4) is 0 Å². The highest BCUT2D eigenvalue weighted by Gasteiger charge is 2.22. The predicted molar refractivity (Wildman–Crippen MR) is 120 cm³/mol. The third-order valence-corrected chi connectivity index (χ3v) is 6.10. The fourth-order valence-electron chi connectivity index (χ4n) is 4.47. The number of anilines is 2. The molecule has 3 rings (SSSR count). The van der Waals surface area contributed by atoms with Crippen molar-refractivity contribution >= 4 is 11.4 Å². The highest BCUT2D eigenvalue weighted by Crippen LogP contribution is 2.38. The van der Waals surface area contributed by atoms with E-state index in [1.165, 1.54) is 69.8 Å². The van der Waals surface area contributed by atoms with Gasteiger partial charge in [0.25, 0.3) is 0 Å². The van der Waals surface area contributed by atoms with Crippen LogP contribution in [0.15, 0.2) is 42.5 Å². The van der Waals surface area contributed by atoms with Crippen molar-refractivity contribution in [3.05, 3.63) is 48.0 Å². The van der Waals surface area contributed by atoms with Crippen molar-refractivity contribution in [2.45, 2.75) is 77.0 Å². The van der Waals surface area contributed by atoms with Gasteiger partial charge in [0.05, 0.1) is 0 Å². The summed E-state index contributed by atoms with van der Waals surface area (Å²) in [6.45, 7) is 2.29. The molecule has 152 valence electrons. The summed E-state index contributed by atoms with van der Waals surface area (Å²) in [6.07, 6.45) is 13.9. The van der Waals surface area contributed by atoms with E-state index in [-0.39, 0.29) is 0 Å². The van der Waals surface area contributed by atoms with Crippen LogP contribution in [-0.4, -0.2) is 0 Å². The number of hydrogen-bond acceptors (Lipinski definition) is 3. The Morgan fingerprint density at radius 2 is 1.43 bits per heavy atom. The van der Waals surface area contributed by atoms with E-state index < -0.39 is 0 Å². The molecule has 0 aliphatic heterocycles. The molecule has 0 heterocycles. The van der Waals surface area contributed by atoms with E-state index in [4.69, 9.17) is 16.2 Å². The van der Waals surface area contributed by atoms with Crippen LogP contribution < -0.4 is 16.2 Å². The van der Waals surface area contributed by atoms with Crippen LogP contribution in [0.5, 0.6) is 11.5 Å². The molecule has 3 nitrogen and oxygen atoms in total. The van der Waals surface area contributed by atoms with Crippen molar-refractivity contribution in [3.8, 4) is 11.5 Å². The third-order valence-electron chi connectivity index (χ3n) is 6.10. The standard InChI is InChI=1S/C25H36N2O/c1-2-3-4-5-6-7-19-8-10-20(11-9-19)21-12-14-24(15-13-21)28-25-17-22(26)16-23(27)18-25/h12-20H,2-11,26-27H2,1H3. The Balaban J connectivity index is 1.45. The van der Waals surface area contributed by atoms with Crippen LogP contribution >= 0.6 is 0 Å². The second-order valence-electron chi connectivity index (χ2n) is 8.43. The maximum Gasteiger partial charge on any atom is 0.131 e. The first-order valence-electron chi connectivity index (χ1n) is 11.1. The predicted octanol–water partition coefficient (Wildman–Crippen LogP) is 7.28. The van der Waals surface area contributed by atoms with E-state index >= 15 is 0 Å². The molecule has 3 heteroatoms. The lowest BCUT2D eigenvalue weighted by Gasteiger charge is -2.29. The van der Waals surface area contributed by atoms with E-state index in [9.17, 15) is 0 Å². The van der Waals surface area contributed by atoms with Crippen molar-refractivity contribution in [3.63, 3.8) is 0 Å². The van der Waals surface area contributed by atoms with E-state index in [2.05, 4.69) is 31.2 Å². The van der Waals surface area contributed by atoms with Gasteiger partial charge < -0.3 is 16.2 Å². The fourth-order valence-corrected chi connectivity index (χ4v) is 4.47. The Hall–Kier alpha value is -2.16. The highest BCUT2D eigenvalue weighted by atomic mass is 16.5. The summed E-state index contributed by atoms with van der Waals surface area (Å²) in [5.41, 5.74) is 14.4. The lowest BCUT2D eigenvalue weighted by molar-refractivity contribution is 0.302. The lowest BCUT2D eigenvalue weighted by Crippen LogP contribution is -2.13. The number of nitrogen functional groups attached to an aromatic ring is 2. The second-order valence-corrected chi connectivity index (χ2v) is 8.43. The number of benzene rings is 2. The van der Waals surface area contributed by atoms with Gasteiger partial charge in [-0.1, -0.05) is 57.6 Å². The average Bonchev–Trinajstić information content (AvgIpc) is 2.68. The Labute approximate surface area is 170 Å². The minimum Gasteiger partial charge on any atom is -0.457 e. The number of ether oxygens (including phenoxy) is 1. The van der Waals surface area contributed by atoms with Crippen molar-refractivity contribution in [2.75, 3.05) is 11.5 Å². The molecule has 28 heavy (non-hydrogen) atoms. The molecule has 1 aliphatic carbocycles. The summed E-state index contributed by atoms with van der Waals surface area (Å²) in [7, 11) is 0. The van der Waals surface area contributed by atoms with Crippen LogP contribution in [0.1, 0.15) is 82.6 Å². The summed E-state index contributed by atoms with van der Waals surface area (Å²) in [4.78, 5) is 0. The Bertz CT molecular complexity index is 698. The molecule has 0 spiro atoms. The van der Waals surface area contributed by atoms with E-state index in [1.54, 1.807) is 18.2 Å². The monoisotopic (exact) mass is 380 g/mol. The molecule has 4 N–H and O–H groups in total. The third kappa shape index (κ3) is 6.19. The first-order chi connectivity index (χ1) is 13.6. The van der Waals surface area contributed by atoms with Gasteiger partial charge in [-0.3, -0.25) is 0 Å². The van der Waals surface area contributed by atoms with Gasteiger partial charge in [-0.25, -0.2) is 0 Å². The van der Waals surface area contributed by atoms with Crippen molar-refractivity contribution in [1.82, 2.24) is 0 Å². The molecular weight excluding hydrogens is 344 g/mol. The van der Waals surface area contributed by atoms with Gasteiger partial charge in [0, 0.05) is 23.5 Å². The summed E-state index contributed by atoms with van der Waals surface area (Å²) in [6, 6.07) is 13.9. The number of nitrogens with two attached hydrogens (primary N) is 2.